The normalized spacial score (nSPS) is 12.4. The lowest BCUT2D eigenvalue weighted by atomic mass is 9.97. The molecule has 0 unspecified atom stereocenters. The maximum absolute atomic E-state index is 10.8. The zero-order chi connectivity index (χ0) is 10.6. The molecule has 0 bridgehead atoms. The highest BCUT2D eigenvalue weighted by molar-refractivity contribution is 5.70. The highest BCUT2D eigenvalue weighted by atomic mass is 16.4. The van der Waals surface area contributed by atoms with E-state index in [0.29, 0.717) is 12.8 Å². The minimum Gasteiger partial charge on any atom is -0.508 e. The van der Waals surface area contributed by atoms with Gasteiger partial charge >= 0.3 is 5.97 Å². The number of rotatable bonds is 4. The van der Waals surface area contributed by atoms with Crippen LogP contribution in [0.5, 0.6) is 5.75 Å². The Kier molecular flexibility index (Phi) is 3.51. The van der Waals surface area contributed by atoms with Crippen LogP contribution in [-0.2, 0) is 11.2 Å². The highest BCUT2D eigenvalue weighted by Gasteiger charge is 2.15. The summed E-state index contributed by atoms with van der Waals surface area (Å²) in [6, 6.07) is 6.72. The summed E-state index contributed by atoms with van der Waals surface area (Å²) in [5.41, 5.74) is 0.860. The molecule has 14 heavy (non-hydrogen) atoms. The number of benzene rings is 1. The fourth-order valence-corrected chi connectivity index (χ4v) is 1.37. The topological polar surface area (TPSA) is 57.5 Å². The summed E-state index contributed by atoms with van der Waals surface area (Å²) in [6.07, 6.45) is 1.07. The van der Waals surface area contributed by atoms with Crippen LogP contribution in [-0.4, -0.2) is 16.2 Å². The van der Waals surface area contributed by atoms with Gasteiger partial charge in [0.1, 0.15) is 5.75 Å². The van der Waals surface area contributed by atoms with E-state index in [0.717, 1.165) is 5.56 Å². The summed E-state index contributed by atoms with van der Waals surface area (Å²) in [4.78, 5) is 10.8. The minimum absolute atomic E-state index is 0.183. The average molecular weight is 194 g/mol. The van der Waals surface area contributed by atoms with Crippen LogP contribution in [0.15, 0.2) is 24.3 Å². The molecule has 0 saturated heterocycles. The standard InChI is InChI=1S/C11H14O3/c1-2-9(11(13)14)6-8-4-3-5-10(12)7-8/h3-5,7,9,12H,2,6H2,1H3,(H,13,14)/t9-/m1/s1. The maximum atomic E-state index is 10.8. The van der Waals surface area contributed by atoms with Crippen molar-refractivity contribution < 1.29 is 15.0 Å². The number of hydrogen-bond donors (Lipinski definition) is 2. The third-order valence-electron chi connectivity index (χ3n) is 2.23. The third kappa shape index (κ3) is 2.76. The first-order valence-electron chi connectivity index (χ1n) is 4.64. The molecule has 0 saturated carbocycles. The van der Waals surface area contributed by atoms with Gasteiger partial charge in [0, 0.05) is 0 Å². The Morgan fingerprint density at radius 2 is 2.21 bits per heavy atom. The van der Waals surface area contributed by atoms with E-state index in [1.165, 1.54) is 0 Å². The maximum Gasteiger partial charge on any atom is 0.306 e. The number of hydrogen-bond acceptors (Lipinski definition) is 2. The lowest BCUT2D eigenvalue weighted by Gasteiger charge is -2.09. The molecule has 0 spiro atoms. The van der Waals surface area contributed by atoms with Crippen LogP contribution in [0.25, 0.3) is 0 Å². The molecule has 0 fully saturated rings. The number of aromatic hydroxyl groups is 1. The van der Waals surface area contributed by atoms with Crippen molar-refractivity contribution in [1.29, 1.82) is 0 Å². The van der Waals surface area contributed by atoms with Gasteiger partial charge in [-0.15, -0.1) is 0 Å². The van der Waals surface area contributed by atoms with Gasteiger partial charge < -0.3 is 10.2 Å². The van der Waals surface area contributed by atoms with Gasteiger partial charge in [-0.3, -0.25) is 4.79 Å². The van der Waals surface area contributed by atoms with Gasteiger partial charge in [0.25, 0.3) is 0 Å². The van der Waals surface area contributed by atoms with Crippen molar-refractivity contribution in [1.82, 2.24) is 0 Å². The van der Waals surface area contributed by atoms with Crippen LogP contribution < -0.4 is 0 Å². The quantitative estimate of drug-likeness (QED) is 0.771. The molecular weight excluding hydrogens is 180 g/mol. The SMILES string of the molecule is CC[C@H](Cc1cccc(O)c1)C(=O)O. The molecule has 0 aliphatic carbocycles. The minimum atomic E-state index is -0.782. The molecule has 0 aromatic heterocycles. The Morgan fingerprint density at radius 1 is 1.50 bits per heavy atom. The van der Waals surface area contributed by atoms with E-state index in [9.17, 15) is 9.90 Å². The summed E-state index contributed by atoms with van der Waals surface area (Å²) < 4.78 is 0. The predicted molar refractivity (Wildman–Crippen MR) is 53.2 cm³/mol. The van der Waals surface area contributed by atoms with E-state index in [1.54, 1.807) is 18.2 Å². The zero-order valence-electron chi connectivity index (χ0n) is 8.10. The highest BCUT2D eigenvalue weighted by Crippen LogP contribution is 2.16. The first-order chi connectivity index (χ1) is 6.63. The Balaban J connectivity index is 2.72. The summed E-state index contributed by atoms with van der Waals surface area (Å²) in [5, 5.41) is 18.0. The van der Waals surface area contributed by atoms with Crippen molar-refractivity contribution in [2.45, 2.75) is 19.8 Å². The lowest BCUT2D eigenvalue weighted by Crippen LogP contribution is -2.15. The molecule has 1 aromatic carbocycles. The Bertz CT molecular complexity index is 320. The van der Waals surface area contributed by atoms with E-state index in [-0.39, 0.29) is 11.7 Å². The van der Waals surface area contributed by atoms with Crippen molar-refractivity contribution in [2.75, 3.05) is 0 Å². The molecule has 76 valence electrons. The second-order valence-electron chi connectivity index (χ2n) is 3.32. The first-order valence-corrected chi connectivity index (χ1v) is 4.64. The largest absolute Gasteiger partial charge is 0.508 e. The summed E-state index contributed by atoms with van der Waals surface area (Å²) in [7, 11) is 0. The van der Waals surface area contributed by atoms with E-state index in [2.05, 4.69) is 0 Å². The van der Waals surface area contributed by atoms with Gasteiger partial charge in [-0.2, -0.15) is 0 Å². The molecule has 0 aliphatic heterocycles. The number of phenolic OH excluding ortho intramolecular Hbond substituents is 1. The molecule has 1 aromatic rings. The molecule has 2 N–H and O–H groups in total. The number of carboxylic acid groups (broad SMARTS) is 1. The van der Waals surface area contributed by atoms with Gasteiger partial charge in [-0.25, -0.2) is 0 Å². The van der Waals surface area contributed by atoms with E-state index in [4.69, 9.17) is 5.11 Å². The first kappa shape index (κ1) is 10.6. The fraction of sp³-hybridized carbons (Fsp3) is 0.364. The van der Waals surface area contributed by atoms with E-state index < -0.39 is 5.97 Å². The van der Waals surface area contributed by atoms with Crippen molar-refractivity contribution in [3.05, 3.63) is 29.8 Å². The third-order valence-corrected chi connectivity index (χ3v) is 2.23. The van der Waals surface area contributed by atoms with Crippen LogP contribution in [0.2, 0.25) is 0 Å². The van der Waals surface area contributed by atoms with Crippen molar-refractivity contribution in [3.8, 4) is 5.75 Å². The van der Waals surface area contributed by atoms with Crippen LogP contribution in [0.4, 0.5) is 0 Å². The Labute approximate surface area is 83.0 Å². The van der Waals surface area contributed by atoms with Gasteiger partial charge in [-0.1, -0.05) is 19.1 Å². The number of phenols is 1. The smallest absolute Gasteiger partial charge is 0.306 e. The summed E-state index contributed by atoms with van der Waals surface area (Å²) >= 11 is 0. The summed E-state index contributed by atoms with van der Waals surface area (Å²) in [5.74, 6) is -0.963. The molecule has 1 atom stereocenters. The zero-order valence-corrected chi connectivity index (χ0v) is 8.10. The number of aliphatic carboxylic acids is 1. The molecule has 3 nitrogen and oxygen atoms in total. The average Bonchev–Trinajstić information content (AvgIpc) is 2.14. The second kappa shape index (κ2) is 4.65. The van der Waals surface area contributed by atoms with Crippen molar-refractivity contribution in [2.24, 2.45) is 5.92 Å². The van der Waals surface area contributed by atoms with Gasteiger partial charge in [-0.05, 0) is 30.5 Å². The van der Waals surface area contributed by atoms with Crippen LogP contribution >= 0.6 is 0 Å². The van der Waals surface area contributed by atoms with Crippen LogP contribution in [0, 0.1) is 5.92 Å². The Morgan fingerprint density at radius 3 is 2.71 bits per heavy atom. The lowest BCUT2D eigenvalue weighted by molar-refractivity contribution is -0.141. The van der Waals surface area contributed by atoms with Crippen LogP contribution in [0.3, 0.4) is 0 Å². The van der Waals surface area contributed by atoms with Gasteiger partial charge in [0.2, 0.25) is 0 Å². The number of carboxylic acids is 1. The van der Waals surface area contributed by atoms with Gasteiger partial charge in [0.05, 0.1) is 5.92 Å². The predicted octanol–water partition coefficient (Wildman–Crippen LogP) is 2.05. The summed E-state index contributed by atoms with van der Waals surface area (Å²) in [6.45, 7) is 1.85. The molecule has 0 radical (unpaired) electrons. The van der Waals surface area contributed by atoms with Crippen molar-refractivity contribution >= 4 is 5.97 Å². The van der Waals surface area contributed by atoms with E-state index >= 15 is 0 Å². The molecule has 3 heteroatoms. The molecule has 1 rings (SSSR count). The Hall–Kier alpha value is -1.51. The molecular formula is C11H14O3. The fourth-order valence-electron chi connectivity index (χ4n) is 1.37. The number of carbonyl (C=O) groups is 1. The van der Waals surface area contributed by atoms with Crippen molar-refractivity contribution in [3.63, 3.8) is 0 Å². The molecule has 0 aliphatic rings. The monoisotopic (exact) mass is 194 g/mol. The van der Waals surface area contributed by atoms with Gasteiger partial charge in [0.15, 0.2) is 0 Å². The second-order valence-corrected chi connectivity index (χ2v) is 3.32. The molecule has 0 heterocycles. The van der Waals surface area contributed by atoms with E-state index in [1.807, 2.05) is 13.0 Å². The van der Waals surface area contributed by atoms with Crippen LogP contribution in [0.1, 0.15) is 18.9 Å². The molecule has 0 amide bonds.